The molecule has 6 heteroatoms. The Labute approximate surface area is 241 Å². The van der Waals surface area contributed by atoms with Crippen LogP contribution in [0.2, 0.25) is 0 Å². The number of carbonyl (C=O) groups is 3. The van der Waals surface area contributed by atoms with Crippen molar-refractivity contribution < 1.29 is 14.4 Å². The summed E-state index contributed by atoms with van der Waals surface area (Å²) in [5.41, 5.74) is 3.27. The molecule has 3 aromatic carbocycles. The number of likely N-dealkylation sites (tertiary alicyclic amines) is 1. The van der Waals surface area contributed by atoms with Crippen LogP contribution in [0.1, 0.15) is 81.6 Å². The summed E-state index contributed by atoms with van der Waals surface area (Å²) < 4.78 is 0. The highest BCUT2D eigenvalue weighted by molar-refractivity contribution is 6.21. The van der Waals surface area contributed by atoms with Crippen LogP contribution in [-0.4, -0.2) is 70.2 Å². The van der Waals surface area contributed by atoms with E-state index in [1.54, 1.807) is 17.0 Å². The fourth-order valence-corrected chi connectivity index (χ4v) is 8.08. The number of piperidine rings is 2. The van der Waals surface area contributed by atoms with Gasteiger partial charge in [0.05, 0.1) is 11.1 Å². The third-order valence-electron chi connectivity index (χ3n) is 10.3. The molecule has 2 atom stereocenters. The highest BCUT2D eigenvalue weighted by Crippen LogP contribution is 2.43. The first kappa shape index (κ1) is 26.1. The van der Waals surface area contributed by atoms with Crippen LogP contribution in [0.15, 0.2) is 84.9 Å². The van der Waals surface area contributed by atoms with E-state index in [1.807, 2.05) is 47.4 Å². The molecule has 6 nitrogen and oxygen atoms in total. The van der Waals surface area contributed by atoms with Crippen molar-refractivity contribution in [1.29, 1.82) is 0 Å². The Balaban J connectivity index is 1.04. The van der Waals surface area contributed by atoms with E-state index in [0.717, 1.165) is 70.1 Å². The first-order valence-electron chi connectivity index (χ1n) is 15.2. The molecule has 3 saturated heterocycles. The number of benzene rings is 3. The normalized spacial score (nSPS) is 25.4. The molecule has 4 aliphatic heterocycles. The molecule has 0 N–H and O–H groups in total. The molecule has 2 bridgehead atoms. The fraction of sp³-hybridized carbons (Fsp3) is 0.400. The Kier molecular flexibility index (Phi) is 6.74. The third kappa shape index (κ3) is 4.58. The fourth-order valence-electron chi connectivity index (χ4n) is 8.08. The van der Waals surface area contributed by atoms with Gasteiger partial charge < -0.3 is 4.90 Å². The molecule has 0 saturated carbocycles. The molecule has 0 aromatic heterocycles. The summed E-state index contributed by atoms with van der Waals surface area (Å²) in [4.78, 5) is 45.8. The van der Waals surface area contributed by atoms with E-state index in [0.29, 0.717) is 23.2 Å². The molecule has 0 radical (unpaired) electrons. The minimum atomic E-state index is -0.122. The minimum Gasteiger partial charge on any atom is -0.339 e. The first-order chi connectivity index (χ1) is 20.0. The number of carbonyl (C=O) groups excluding carboxylic acids is 3. The molecular weight excluding hydrogens is 510 g/mol. The van der Waals surface area contributed by atoms with Crippen molar-refractivity contribution in [3.05, 3.63) is 107 Å². The molecule has 3 aromatic rings. The molecule has 210 valence electrons. The second kappa shape index (κ2) is 10.6. The van der Waals surface area contributed by atoms with Crippen molar-refractivity contribution in [1.82, 2.24) is 14.7 Å². The second-order valence-corrected chi connectivity index (χ2v) is 12.3. The van der Waals surface area contributed by atoms with E-state index in [9.17, 15) is 14.4 Å². The molecule has 4 aliphatic rings. The lowest BCUT2D eigenvalue weighted by Gasteiger charge is -2.46. The Morgan fingerprint density at radius 3 is 1.83 bits per heavy atom. The smallest absolute Gasteiger partial charge is 0.261 e. The van der Waals surface area contributed by atoms with Gasteiger partial charge in [-0.2, -0.15) is 0 Å². The predicted octanol–water partition coefficient (Wildman–Crippen LogP) is 5.54. The van der Waals surface area contributed by atoms with Crippen LogP contribution < -0.4 is 0 Å². The summed E-state index contributed by atoms with van der Waals surface area (Å²) in [6.45, 7) is 2.53. The van der Waals surface area contributed by atoms with Crippen LogP contribution in [0.4, 0.5) is 0 Å². The van der Waals surface area contributed by atoms with E-state index in [1.165, 1.54) is 5.56 Å². The van der Waals surface area contributed by atoms with Gasteiger partial charge in [-0.15, -0.1) is 0 Å². The lowest BCUT2D eigenvalue weighted by Crippen LogP contribution is -2.53. The molecule has 0 spiro atoms. The van der Waals surface area contributed by atoms with Crippen LogP contribution >= 0.6 is 0 Å². The molecule has 2 unspecified atom stereocenters. The second-order valence-electron chi connectivity index (χ2n) is 12.3. The molecular formula is C35H37N3O3. The maximum atomic E-state index is 13.2. The number of hydrogen-bond acceptors (Lipinski definition) is 4. The molecule has 7 rings (SSSR count). The Bertz CT molecular complexity index is 1400. The lowest BCUT2D eigenvalue weighted by atomic mass is 9.70. The van der Waals surface area contributed by atoms with E-state index >= 15 is 0 Å². The average molecular weight is 548 g/mol. The van der Waals surface area contributed by atoms with E-state index in [4.69, 9.17) is 0 Å². The van der Waals surface area contributed by atoms with Crippen LogP contribution in [0, 0.1) is 0 Å². The Morgan fingerprint density at radius 2 is 1.24 bits per heavy atom. The summed E-state index contributed by atoms with van der Waals surface area (Å²) in [6, 6.07) is 28.5. The Morgan fingerprint density at radius 1 is 0.707 bits per heavy atom. The summed E-state index contributed by atoms with van der Waals surface area (Å²) in [5, 5.41) is 0. The number of nitrogens with zero attached hydrogens (tertiary/aromatic N) is 3. The largest absolute Gasteiger partial charge is 0.339 e. The quantitative estimate of drug-likeness (QED) is 0.380. The van der Waals surface area contributed by atoms with Crippen molar-refractivity contribution in [2.45, 2.75) is 68.5 Å². The van der Waals surface area contributed by atoms with E-state index in [2.05, 4.69) is 35.2 Å². The molecule has 0 aliphatic carbocycles. The summed E-state index contributed by atoms with van der Waals surface area (Å²) in [7, 11) is 0. The highest BCUT2D eigenvalue weighted by Gasteiger charge is 2.48. The van der Waals surface area contributed by atoms with Crippen molar-refractivity contribution in [3.8, 4) is 0 Å². The minimum absolute atomic E-state index is 0.0218. The van der Waals surface area contributed by atoms with Gasteiger partial charge >= 0.3 is 0 Å². The number of amides is 3. The van der Waals surface area contributed by atoms with Gasteiger partial charge in [0.15, 0.2) is 0 Å². The van der Waals surface area contributed by atoms with Gasteiger partial charge in [-0.3, -0.25) is 24.2 Å². The average Bonchev–Trinajstić information content (AvgIpc) is 3.43. The van der Waals surface area contributed by atoms with E-state index in [-0.39, 0.29) is 29.2 Å². The third-order valence-corrected chi connectivity index (χ3v) is 10.3. The number of hydrogen-bond donors (Lipinski definition) is 0. The van der Waals surface area contributed by atoms with Gasteiger partial charge in [-0.1, -0.05) is 60.7 Å². The van der Waals surface area contributed by atoms with Crippen molar-refractivity contribution in [2.75, 3.05) is 19.6 Å². The lowest BCUT2D eigenvalue weighted by molar-refractivity contribution is 0.0363. The van der Waals surface area contributed by atoms with Crippen LogP contribution in [0.25, 0.3) is 0 Å². The van der Waals surface area contributed by atoms with Crippen LogP contribution in [0.3, 0.4) is 0 Å². The molecule has 3 fully saturated rings. The zero-order chi connectivity index (χ0) is 28.0. The number of imide groups is 1. The van der Waals surface area contributed by atoms with Crippen LogP contribution in [0.5, 0.6) is 0 Å². The monoisotopic (exact) mass is 547 g/mol. The maximum absolute atomic E-state index is 13.2. The van der Waals surface area contributed by atoms with Gasteiger partial charge in [0.2, 0.25) is 0 Å². The zero-order valence-corrected chi connectivity index (χ0v) is 23.5. The maximum Gasteiger partial charge on any atom is 0.261 e. The predicted molar refractivity (Wildman–Crippen MR) is 158 cm³/mol. The SMILES string of the molecule is O=C(c1ccccc1)N1CCC(CCN2C3CCC2CC(N2C(=O)c4ccccc4C2=O)C3)(c2ccccc2)CC1. The summed E-state index contributed by atoms with van der Waals surface area (Å²) in [5.74, 6) is -0.118. The van der Waals surface area contributed by atoms with Crippen molar-refractivity contribution in [3.63, 3.8) is 0 Å². The summed E-state index contributed by atoms with van der Waals surface area (Å²) in [6.07, 6.45) is 6.94. The van der Waals surface area contributed by atoms with Gasteiger partial charge in [0.25, 0.3) is 17.7 Å². The van der Waals surface area contributed by atoms with Crippen LogP contribution in [-0.2, 0) is 5.41 Å². The van der Waals surface area contributed by atoms with Gasteiger partial charge in [-0.25, -0.2) is 0 Å². The van der Waals surface area contributed by atoms with E-state index < -0.39 is 0 Å². The van der Waals surface area contributed by atoms with Gasteiger partial charge in [-0.05, 0) is 86.7 Å². The topological polar surface area (TPSA) is 60.9 Å². The molecule has 4 heterocycles. The molecule has 41 heavy (non-hydrogen) atoms. The van der Waals surface area contributed by atoms with Crippen molar-refractivity contribution >= 4 is 17.7 Å². The van der Waals surface area contributed by atoms with Gasteiger partial charge in [0.1, 0.15) is 0 Å². The van der Waals surface area contributed by atoms with Gasteiger partial charge in [0, 0.05) is 36.8 Å². The highest BCUT2D eigenvalue weighted by atomic mass is 16.2. The molecule has 3 amide bonds. The summed E-state index contributed by atoms with van der Waals surface area (Å²) >= 11 is 0. The standard InChI is InChI=1S/C35H37N3O3/c39-32(25-9-3-1-4-10-25)36-20-17-35(18-21-36,26-11-5-2-6-12-26)19-22-37-27-15-16-28(37)24-29(23-27)38-33(40)30-13-7-8-14-31(30)34(38)41/h1-14,27-29H,15-24H2. The first-order valence-corrected chi connectivity index (χ1v) is 15.2. The number of rotatable bonds is 6. The Hall–Kier alpha value is -3.77. The zero-order valence-electron chi connectivity index (χ0n) is 23.5. The number of fused-ring (bicyclic) bond motifs is 3. The van der Waals surface area contributed by atoms with Crippen molar-refractivity contribution in [2.24, 2.45) is 0 Å².